The smallest absolute Gasteiger partial charge is 0.352 e. The number of carboxylic acid groups (broad SMARTS) is 1. The van der Waals surface area contributed by atoms with Gasteiger partial charge in [-0.15, -0.1) is 11.8 Å². The lowest BCUT2D eigenvalue weighted by molar-refractivity contribution is -0.150. The number of nitrogen functional groups attached to an aromatic ring is 1. The van der Waals surface area contributed by atoms with Crippen molar-refractivity contribution in [3.8, 4) is 0 Å². The van der Waals surface area contributed by atoms with Crippen LogP contribution < -0.4 is 11.1 Å². The van der Waals surface area contributed by atoms with E-state index < -0.39 is 42.0 Å². The monoisotopic (exact) mass is 582 g/mol. The molecule has 2 aliphatic rings. The maximum Gasteiger partial charge on any atom is 0.352 e. The molecule has 0 bridgehead atoms. The van der Waals surface area contributed by atoms with Crippen molar-refractivity contribution >= 4 is 75.0 Å². The zero-order valence-corrected chi connectivity index (χ0v) is 19.4. The molecule has 1 aromatic rings. The van der Waals surface area contributed by atoms with Crippen LogP contribution in [-0.4, -0.2) is 71.6 Å². The molecule has 15 heteroatoms. The minimum Gasteiger partial charge on any atom is -0.477 e. The van der Waals surface area contributed by atoms with Crippen LogP contribution in [-0.2, 0) is 19.2 Å². The first-order chi connectivity index (χ1) is 14.8. The SMILES string of the molecule is Nc1nc(C(F)CON=CC(=O)N[C@@H]2C(=O)N3C(C(=O)O)=C(C=CCI)CS[C@@H]23)ns1. The second kappa shape index (κ2) is 10.4. The van der Waals surface area contributed by atoms with Gasteiger partial charge in [-0.05, 0) is 5.57 Å². The Labute approximate surface area is 197 Å². The number of hydrogen-bond donors (Lipinski definition) is 3. The fourth-order valence-corrected chi connectivity index (χ4v) is 4.84. The lowest BCUT2D eigenvalue weighted by atomic mass is 10.0. The molecule has 0 saturated carbocycles. The zero-order chi connectivity index (χ0) is 22.5. The Kier molecular flexibility index (Phi) is 7.82. The summed E-state index contributed by atoms with van der Waals surface area (Å²) in [6, 6.07) is -0.899. The molecule has 3 rings (SSSR count). The molecule has 1 fully saturated rings. The Balaban J connectivity index is 1.53. The minimum atomic E-state index is -1.66. The van der Waals surface area contributed by atoms with Crippen LogP contribution >= 0.6 is 45.9 Å². The highest BCUT2D eigenvalue weighted by Crippen LogP contribution is 2.40. The van der Waals surface area contributed by atoms with Crippen molar-refractivity contribution in [2.75, 3.05) is 22.5 Å². The van der Waals surface area contributed by atoms with Crippen molar-refractivity contribution in [3.05, 3.63) is 29.2 Å². The number of β-lactam (4-membered cyclic amide) rings is 1. The van der Waals surface area contributed by atoms with Gasteiger partial charge in [0.1, 0.15) is 23.3 Å². The van der Waals surface area contributed by atoms with Gasteiger partial charge in [-0.3, -0.25) is 14.5 Å². The number of fused-ring (bicyclic) bond motifs is 1. The molecule has 2 aliphatic heterocycles. The Morgan fingerprint density at radius 2 is 2.32 bits per heavy atom. The van der Waals surface area contributed by atoms with Gasteiger partial charge in [0.25, 0.3) is 11.8 Å². The summed E-state index contributed by atoms with van der Waals surface area (Å²) in [4.78, 5) is 45.7. The molecule has 3 atom stereocenters. The van der Waals surface area contributed by atoms with Crippen LogP contribution in [0.15, 0.2) is 28.6 Å². The number of anilines is 1. The Hall–Kier alpha value is -2.27. The van der Waals surface area contributed by atoms with Gasteiger partial charge in [0.2, 0.25) is 0 Å². The van der Waals surface area contributed by atoms with E-state index in [1.54, 1.807) is 12.2 Å². The number of nitrogens with zero attached hydrogens (tertiary/aromatic N) is 4. The summed E-state index contributed by atoms with van der Waals surface area (Å²) in [5.74, 6) is -2.22. The number of carbonyl (C=O) groups is 3. The minimum absolute atomic E-state index is 0.0809. The van der Waals surface area contributed by atoms with Crippen LogP contribution in [0.3, 0.4) is 0 Å². The van der Waals surface area contributed by atoms with Gasteiger partial charge in [0.05, 0.1) is 0 Å². The molecule has 0 aromatic carbocycles. The molecule has 166 valence electrons. The van der Waals surface area contributed by atoms with Crippen LogP contribution in [0.2, 0.25) is 0 Å². The lowest BCUT2D eigenvalue weighted by Crippen LogP contribution is -2.70. The highest BCUT2D eigenvalue weighted by molar-refractivity contribution is 14.1. The molecule has 2 amide bonds. The van der Waals surface area contributed by atoms with E-state index in [-0.39, 0.29) is 16.7 Å². The van der Waals surface area contributed by atoms with E-state index in [0.29, 0.717) is 15.8 Å². The third-order valence-corrected chi connectivity index (χ3v) is 6.48. The van der Waals surface area contributed by atoms with Crippen LogP contribution in [0, 0.1) is 0 Å². The number of thioether (sulfide) groups is 1. The van der Waals surface area contributed by atoms with Gasteiger partial charge < -0.3 is 21.0 Å². The number of aromatic nitrogens is 2. The summed E-state index contributed by atoms with van der Waals surface area (Å²) in [5.41, 5.74) is 5.83. The molecule has 4 N–H and O–H groups in total. The molecule has 11 nitrogen and oxygen atoms in total. The molecule has 0 spiro atoms. The number of alkyl halides is 2. The largest absolute Gasteiger partial charge is 0.477 e. The summed E-state index contributed by atoms with van der Waals surface area (Å²) in [6.45, 7) is -0.519. The highest BCUT2D eigenvalue weighted by Gasteiger charge is 2.53. The normalized spacial score (nSPS) is 21.9. The van der Waals surface area contributed by atoms with E-state index in [4.69, 9.17) is 10.6 Å². The zero-order valence-electron chi connectivity index (χ0n) is 15.6. The first-order valence-electron chi connectivity index (χ1n) is 8.66. The van der Waals surface area contributed by atoms with Gasteiger partial charge in [0.15, 0.2) is 23.7 Å². The quantitative estimate of drug-likeness (QED) is 0.126. The molecular formula is C16H16FIN6O5S2. The average Bonchev–Trinajstić information content (AvgIpc) is 3.18. The van der Waals surface area contributed by atoms with Crippen LogP contribution in [0.5, 0.6) is 0 Å². The fourth-order valence-electron chi connectivity index (χ4n) is 2.79. The number of halogens is 2. The number of carbonyl (C=O) groups excluding carboxylic acids is 2. The first kappa shape index (κ1) is 23.4. The number of allylic oxidation sites excluding steroid dienone is 2. The lowest BCUT2D eigenvalue weighted by Gasteiger charge is -2.49. The maximum atomic E-state index is 13.8. The van der Waals surface area contributed by atoms with Crippen LogP contribution in [0.4, 0.5) is 9.52 Å². The van der Waals surface area contributed by atoms with Crippen molar-refractivity contribution in [1.29, 1.82) is 0 Å². The Morgan fingerprint density at radius 1 is 1.55 bits per heavy atom. The van der Waals surface area contributed by atoms with Crippen molar-refractivity contribution in [2.24, 2.45) is 5.16 Å². The van der Waals surface area contributed by atoms with E-state index in [9.17, 15) is 23.9 Å². The second-order valence-electron chi connectivity index (χ2n) is 6.12. The second-order valence-corrected chi connectivity index (χ2v) is 8.89. The van der Waals surface area contributed by atoms with Gasteiger partial charge >= 0.3 is 5.97 Å². The van der Waals surface area contributed by atoms with E-state index in [0.717, 1.165) is 17.7 Å². The van der Waals surface area contributed by atoms with Crippen molar-refractivity contribution < 1.29 is 28.7 Å². The topological polar surface area (TPSA) is 160 Å². The number of carboxylic acids is 1. The predicted octanol–water partition coefficient (Wildman–Crippen LogP) is 0.863. The summed E-state index contributed by atoms with van der Waals surface area (Å²) < 4.78 is 18.2. The summed E-state index contributed by atoms with van der Waals surface area (Å²) in [7, 11) is 0. The van der Waals surface area contributed by atoms with Crippen LogP contribution in [0.1, 0.15) is 12.0 Å². The molecular weight excluding hydrogens is 566 g/mol. The fraction of sp³-hybridized carbons (Fsp3) is 0.375. The molecule has 0 aliphatic carbocycles. The molecule has 31 heavy (non-hydrogen) atoms. The van der Waals surface area contributed by atoms with Gasteiger partial charge in [-0.25, -0.2) is 14.2 Å². The van der Waals surface area contributed by atoms with Gasteiger partial charge in [-0.1, -0.05) is 39.9 Å². The summed E-state index contributed by atoms with van der Waals surface area (Å²) in [6.07, 6.45) is 2.60. The van der Waals surface area contributed by atoms with Gasteiger partial charge in [0, 0.05) is 21.7 Å². The summed E-state index contributed by atoms with van der Waals surface area (Å²) >= 11 is 4.32. The number of hydrogen-bond acceptors (Lipinski definition) is 10. The average molecular weight is 582 g/mol. The predicted molar refractivity (Wildman–Crippen MR) is 120 cm³/mol. The molecule has 1 unspecified atom stereocenters. The molecule has 0 radical (unpaired) electrons. The number of amides is 2. The van der Waals surface area contributed by atoms with E-state index in [1.165, 1.54) is 16.7 Å². The van der Waals surface area contributed by atoms with E-state index in [2.05, 4.69) is 42.4 Å². The highest BCUT2D eigenvalue weighted by atomic mass is 127. The standard InChI is InChI=1S/C16H16FIN6O5S2/c17-8(12-22-16(19)31-23-12)5-29-20-4-9(25)21-10-13(26)24-11(15(27)28)7(2-1-3-18)6-30-14(10)24/h1-2,4,8,10,14H,3,5-6H2,(H,21,25)(H,27,28)(H2,19,22,23)/t8?,10-,14+/m1/s1. The Morgan fingerprint density at radius 3 is 2.97 bits per heavy atom. The number of rotatable bonds is 9. The van der Waals surface area contributed by atoms with Crippen LogP contribution in [0.25, 0.3) is 0 Å². The van der Waals surface area contributed by atoms with Crippen molar-refractivity contribution in [3.63, 3.8) is 0 Å². The first-order valence-corrected chi connectivity index (χ1v) is 12.0. The number of aliphatic carboxylic acids is 1. The molecule has 1 aromatic heterocycles. The Bertz CT molecular complexity index is 970. The maximum absolute atomic E-state index is 13.8. The number of oxime groups is 1. The van der Waals surface area contributed by atoms with E-state index >= 15 is 0 Å². The molecule has 1 saturated heterocycles. The van der Waals surface area contributed by atoms with Crippen molar-refractivity contribution in [1.82, 2.24) is 19.6 Å². The van der Waals surface area contributed by atoms with E-state index in [1.807, 2.05) is 0 Å². The third-order valence-electron chi connectivity index (χ3n) is 4.11. The number of nitrogens with two attached hydrogens (primary N) is 1. The van der Waals surface area contributed by atoms with Crippen molar-refractivity contribution in [2.45, 2.75) is 17.6 Å². The summed E-state index contributed by atoms with van der Waals surface area (Å²) in [5, 5.41) is 14.9. The third kappa shape index (κ3) is 5.32. The number of nitrogens with one attached hydrogen (secondary N) is 1. The van der Waals surface area contributed by atoms with Gasteiger partial charge in [-0.2, -0.15) is 4.37 Å². The molecule has 3 heterocycles.